The Kier molecular flexibility index (Phi) is 7.67. The number of aromatic nitrogens is 8. The lowest BCUT2D eigenvalue weighted by Crippen LogP contribution is -2.24. The topological polar surface area (TPSA) is 150 Å². The molecule has 3 N–H and O–H groups in total. The summed E-state index contributed by atoms with van der Waals surface area (Å²) in [6.07, 6.45) is 8.79. The number of carbonyl (C=O) groups excluding carboxylic acids is 1. The zero-order chi connectivity index (χ0) is 31.1. The van der Waals surface area contributed by atoms with Gasteiger partial charge in [-0.3, -0.25) is 18.5 Å². The van der Waals surface area contributed by atoms with Gasteiger partial charge in [-0.25, -0.2) is 14.6 Å². The SMILES string of the molecule is CNC(=O)OC.Cn1cc(-c2[nH]c3ncc4c(c3c2-c2ccc3c(cnn3CCO)c2)n(C2CCCC2)c(=O)n4C)c(F)n1. The van der Waals surface area contributed by atoms with Crippen molar-refractivity contribution in [1.82, 2.24) is 44.0 Å². The van der Waals surface area contributed by atoms with Crippen LogP contribution in [0.5, 0.6) is 0 Å². The molecule has 1 amide bonds. The van der Waals surface area contributed by atoms with Crippen molar-refractivity contribution in [2.75, 3.05) is 20.8 Å². The van der Waals surface area contributed by atoms with Gasteiger partial charge in [0.25, 0.3) is 0 Å². The van der Waals surface area contributed by atoms with Crippen molar-refractivity contribution >= 4 is 39.1 Å². The molecule has 1 aromatic carbocycles. The summed E-state index contributed by atoms with van der Waals surface area (Å²) in [6.45, 7) is 0.381. The number of carbonyl (C=O) groups is 1. The smallest absolute Gasteiger partial charge is 0.406 e. The lowest BCUT2D eigenvalue weighted by atomic mass is 9.98. The molecule has 1 aliphatic carbocycles. The largest absolute Gasteiger partial charge is 0.453 e. The maximum Gasteiger partial charge on any atom is 0.406 e. The Hall–Kier alpha value is -4.98. The number of alkyl carbamates (subject to hydrolysis) is 1. The second kappa shape index (κ2) is 11.6. The Bertz CT molecular complexity index is 2050. The first-order valence-electron chi connectivity index (χ1n) is 14.4. The molecular weight excluding hydrogens is 569 g/mol. The molecule has 0 spiro atoms. The second-order valence-electron chi connectivity index (χ2n) is 10.9. The summed E-state index contributed by atoms with van der Waals surface area (Å²) in [5, 5.41) is 21.7. The number of H-pyrrole nitrogens is 1. The van der Waals surface area contributed by atoms with Gasteiger partial charge in [0.1, 0.15) is 5.65 Å². The monoisotopic (exact) mass is 603 g/mol. The molecule has 13 nitrogen and oxygen atoms in total. The van der Waals surface area contributed by atoms with Gasteiger partial charge in [-0.2, -0.15) is 9.49 Å². The van der Waals surface area contributed by atoms with Crippen LogP contribution in [0, 0.1) is 5.95 Å². The van der Waals surface area contributed by atoms with Crippen LogP contribution < -0.4 is 11.0 Å². The molecule has 7 rings (SSSR count). The van der Waals surface area contributed by atoms with Crippen molar-refractivity contribution in [3.05, 3.63) is 53.2 Å². The second-order valence-corrected chi connectivity index (χ2v) is 10.9. The number of imidazole rings is 1. The van der Waals surface area contributed by atoms with Crippen LogP contribution in [0.25, 0.3) is 55.4 Å². The van der Waals surface area contributed by atoms with E-state index < -0.39 is 12.0 Å². The predicted octanol–water partition coefficient (Wildman–Crippen LogP) is 3.85. The predicted molar refractivity (Wildman–Crippen MR) is 164 cm³/mol. The normalized spacial score (nSPS) is 13.6. The van der Waals surface area contributed by atoms with Crippen molar-refractivity contribution in [2.24, 2.45) is 14.1 Å². The first-order valence-corrected chi connectivity index (χ1v) is 14.4. The molecule has 1 saturated carbocycles. The van der Waals surface area contributed by atoms with Crippen LogP contribution >= 0.6 is 0 Å². The third-order valence-corrected chi connectivity index (χ3v) is 8.25. The third kappa shape index (κ3) is 4.80. The van der Waals surface area contributed by atoms with E-state index in [0.29, 0.717) is 23.4 Å². The van der Waals surface area contributed by atoms with Crippen LogP contribution in [0.4, 0.5) is 9.18 Å². The fourth-order valence-electron chi connectivity index (χ4n) is 6.22. The van der Waals surface area contributed by atoms with Crippen molar-refractivity contribution in [2.45, 2.75) is 38.3 Å². The Balaban J connectivity index is 0.000000523. The number of aromatic amines is 1. The van der Waals surface area contributed by atoms with Gasteiger partial charge in [0.05, 0.1) is 65.8 Å². The minimum absolute atomic E-state index is 0.0121. The number of aliphatic hydroxyl groups excluding tert-OH is 1. The van der Waals surface area contributed by atoms with Crippen LogP contribution in [0.15, 0.2) is 41.6 Å². The highest BCUT2D eigenvalue weighted by atomic mass is 19.1. The Morgan fingerprint density at radius 1 is 1.20 bits per heavy atom. The van der Waals surface area contributed by atoms with Gasteiger partial charge in [0.15, 0.2) is 0 Å². The Labute approximate surface area is 250 Å². The van der Waals surface area contributed by atoms with Crippen LogP contribution in [-0.4, -0.2) is 70.6 Å². The number of benzene rings is 1. The molecule has 1 fully saturated rings. The van der Waals surface area contributed by atoms with Gasteiger partial charge < -0.3 is 20.1 Å². The number of amides is 1. The molecule has 0 atom stereocenters. The molecule has 0 aliphatic heterocycles. The van der Waals surface area contributed by atoms with Gasteiger partial charge in [-0.05, 0) is 30.5 Å². The van der Waals surface area contributed by atoms with Gasteiger partial charge in [0.2, 0.25) is 5.95 Å². The number of hydrogen-bond acceptors (Lipinski definition) is 7. The van der Waals surface area contributed by atoms with E-state index in [1.54, 1.807) is 41.9 Å². The number of methoxy groups -OCH3 is 1. The number of aliphatic hydroxyl groups is 1. The summed E-state index contributed by atoms with van der Waals surface area (Å²) in [5.41, 5.74) is 5.45. The van der Waals surface area contributed by atoms with Crippen LogP contribution in [0.3, 0.4) is 0 Å². The molecule has 44 heavy (non-hydrogen) atoms. The molecule has 5 aromatic heterocycles. The van der Waals surface area contributed by atoms with Crippen LogP contribution in [-0.2, 0) is 25.4 Å². The Morgan fingerprint density at radius 2 is 1.98 bits per heavy atom. The highest BCUT2D eigenvalue weighted by Crippen LogP contribution is 2.43. The van der Waals surface area contributed by atoms with Gasteiger partial charge >= 0.3 is 11.8 Å². The summed E-state index contributed by atoms with van der Waals surface area (Å²) >= 11 is 0. The number of ether oxygens (including phenoxy) is 1. The first kappa shape index (κ1) is 29.1. The number of hydrogen-bond donors (Lipinski definition) is 3. The minimum atomic E-state index is -0.588. The van der Waals surface area contributed by atoms with Gasteiger partial charge in [0, 0.05) is 44.3 Å². The van der Waals surface area contributed by atoms with Crippen LogP contribution in [0.2, 0.25) is 0 Å². The number of halogens is 1. The first-order chi connectivity index (χ1) is 21.3. The average Bonchev–Trinajstić information content (AvgIpc) is 3.85. The maximum absolute atomic E-state index is 15.1. The van der Waals surface area contributed by atoms with Crippen molar-refractivity contribution in [1.29, 1.82) is 0 Å². The van der Waals surface area contributed by atoms with E-state index in [0.717, 1.165) is 64.1 Å². The lowest BCUT2D eigenvalue weighted by molar-refractivity contribution is 0.173. The molecule has 0 radical (unpaired) electrons. The molecule has 0 saturated heterocycles. The van der Waals surface area contributed by atoms with E-state index in [1.165, 1.54) is 18.8 Å². The van der Waals surface area contributed by atoms with E-state index in [2.05, 4.69) is 30.2 Å². The number of rotatable bonds is 5. The van der Waals surface area contributed by atoms with Crippen LogP contribution in [0.1, 0.15) is 31.7 Å². The van der Waals surface area contributed by atoms with E-state index in [9.17, 15) is 14.7 Å². The zero-order valence-corrected chi connectivity index (χ0v) is 25.0. The van der Waals surface area contributed by atoms with Gasteiger partial charge in [-0.1, -0.05) is 18.9 Å². The fourth-order valence-corrected chi connectivity index (χ4v) is 6.22. The molecular formula is C30H34FN9O4. The molecule has 230 valence electrons. The summed E-state index contributed by atoms with van der Waals surface area (Å²) in [5.74, 6) is -0.588. The number of pyridine rings is 1. The summed E-state index contributed by atoms with van der Waals surface area (Å²) in [4.78, 5) is 31.4. The number of nitrogens with zero attached hydrogens (tertiary/aromatic N) is 7. The minimum Gasteiger partial charge on any atom is -0.453 e. The molecule has 0 bridgehead atoms. The molecule has 5 heterocycles. The van der Waals surface area contributed by atoms with E-state index in [4.69, 9.17) is 0 Å². The van der Waals surface area contributed by atoms with Gasteiger partial charge in [-0.15, -0.1) is 5.10 Å². The maximum atomic E-state index is 15.1. The van der Waals surface area contributed by atoms with Crippen molar-refractivity contribution in [3.63, 3.8) is 0 Å². The van der Waals surface area contributed by atoms with E-state index in [1.807, 2.05) is 22.8 Å². The van der Waals surface area contributed by atoms with Crippen molar-refractivity contribution in [3.8, 4) is 22.4 Å². The summed E-state index contributed by atoms with van der Waals surface area (Å²) in [7, 11) is 6.28. The fraction of sp³-hybridized carbons (Fsp3) is 0.367. The standard InChI is InChI=1S/C27H27FN8O2.C3H7NO2/c1-33-14-18(25(28)32-33)23-21(15-7-8-19-16(11-15)12-30-35(19)9-10-37)22-24-20(13-29-26(22)31-23)34(2)27(38)36(24)17-5-3-4-6-17;1-4-3(5)6-2/h7-8,11-14,17,37H,3-6,9-10H2,1-2H3,(H,29,31);1-2H3,(H,4,5). The van der Waals surface area contributed by atoms with E-state index >= 15 is 4.39 Å². The summed E-state index contributed by atoms with van der Waals surface area (Å²) < 4.78 is 26.0. The van der Waals surface area contributed by atoms with E-state index in [-0.39, 0.29) is 18.3 Å². The number of aryl methyl sites for hydroxylation is 2. The molecule has 1 aliphatic rings. The number of fused-ring (bicyclic) bond motifs is 4. The molecule has 0 unspecified atom stereocenters. The quantitative estimate of drug-likeness (QED) is 0.271. The molecule has 6 aromatic rings. The van der Waals surface area contributed by atoms with Crippen molar-refractivity contribution < 1.29 is 19.0 Å². The highest BCUT2D eigenvalue weighted by Gasteiger charge is 2.28. The third-order valence-electron chi connectivity index (χ3n) is 8.25. The average molecular weight is 604 g/mol. The number of nitrogens with one attached hydrogen (secondary N) is 2. The lowest BCUT2D eigenvalue weighted by Gasteiger charge is -2.13. The zero-order valence-electron chi connectivity index (χ0n) is 25.0. The molecule has 14 heteroatoms. The highest BCUT2D eigenvalue weighted by molar-refractivity contribution is 6.14. The summed E-state index contributed by atoms with van der Waals surface area (Å²) in [6, 6.07) is 6.05. The Morgan fingerprint density at radius 3 is 2.61 bits per heavy atom.